The maximum Gasteiger partial charge on any atom is 0.227 e. The molecule has 0 radical (unpaired) electrons. The first-order chi connectivity index (χ1) is 14.3. The predicted octanol–water partition coefficient (Wildman–Crippen LogP) is 2.78. The van der Waals surface area contributed by atoms with Crippen molar-refractivity contribution in [3.8, 4) is 0 Å². The van der Waals surface area contributed by atoms with Crippen LogP contribution in [0, 0.1) is 12.7 Å². The third-order valence-electron chi connectivity index (χ3n) is 4.42. The standard InChI is InChI=1S/C21H22FN3O4S/c1-15-2-4-16(5-3-15)12-13-23-20(26)10-11-21-24-19(25-29-21)14-30(27,28)18-8-6-17(22)7-9-18/h2-9H,10-14H2,1H3,(H,23,26). The van der Waals surface area contributed by atoms with Crippen LogP contribution in [0.1, 0.15) is 29.3 Å². The van der Waals surface area contributed by atoms with Crippen LogP contribution >= 0.6 is 0 Å². The van der Waals surface area contributed by atoms with Crippen LogP contribution in [0.5, 0.6) is 0 Å². The van der Waals surface area contributed by atoms with Gasteiger partial charge in [0.1, 0.15) is 11.6 Å². The van der Waals surface area contributed by atoms with E-state index in [-0.39, 0.29) is 35.4 Å². The molecular formula is C21H22FN3O4S. The van der Waals surface area contributed by atoms with Crippen molar-refractivity contribution < 1.29 is 22.1 Å². The first-order valence-electron chi connectivity index (χ1n) is 9.44. The van der Waals surface area contributed by atoms with Crippen LogP contribution < -0.4 is 5.32 Å². The SMILES string of the molecule is Cc1ccc(CCNC(=O)CCc2nc(CS(=O)(=O)c3ccc(F)cc3)no2)cc1. The minimum Gasteiger partial charge on any atom is -0.356 e. The molecule has 7 nitrogen and oxygen atoms in total. The Hall–Kier alpha value is -3.07. The summed E-state index contributed by atoms with van der Waals surface area (Å²) in [4.78, 5) is 16.0. The van der Waals surface area contributed by atoms with Crippen LogP contribution in [0.2, 0.25) is 0 Å². The summed E-state index contributed by atoms with van der Waals surface area (Å²) in [5, 5.41) is 6.49. The number of amides is 1. The molecule has 0 fully saturated rings. The van der Waals surface area contributed by atoms with Gasteiger partial charge in [-0.2, -0.15) is 4.98 Å². The van der Waals surface area contributed by atoms with Crippen molar-refractivity contribution in [2.24, 2.45) is 0 Å². The van der Waals surface area contributed by atoms with E-state index in [0.29, 0.717) is 6.54 Å². The Morgan fingerprint density at radius 2 is 1.77 bits per heavy atom. The Balaban J connectivity index is 1.45. The molecule has 0 saturated heterocycles. The van der Waals surface area contributed by atoms with Crippen molar-refractivity contribution in [2.45, 2.75) is 36.8 Å². The molecule has 0 saturated carbocycles. The average Bonchev–Trinajstić information content (AvgIpc) is 3.15. The summed E-state index contributed by atoms with van der Waals surface area (Å²) >= 11 is 0. The lowest BCUT2D eigenvalue weighted by atomic mass is 10.1. The van der Waals surface area contributed by atoms with Gasteiger partial charge in [0.15, 0.2) is 15.7 Å². The van der Waals surface area contributed by atoms with Crippen molar-refractivity contribution >= 4 is 15.7 Å². The molecule has 0 aliphatic rings. The van der Waals surface area contributed by atoms with Crippen molar-refractivity contribution in [1.82, 2.24) is 15.5 Å². The number of sulfone groups is 1. The van der Waals surface area contributed by atoms with Gasteiger partial charge in [0.25, 0.3) is 0 Å². The van der Waals surface area contributed by atoms with E-state index in [1.807, 2.05) is 31.2 Å². The van der Waals surface area contributed by atoms with Gasteiger partial charge in [-0.1, -0.05) is 35.0 Å². The molecule has 1 amide bonds. The normalized spacial score (nSPS) is 11.4. The van der Waals surface area contributed by atoms with Crippen molar-refractivity contribution in [2.75, 3.05) is 6.54 Å². The molecule has 0 spiro atoms. The minimum atomic E-state index is -3.72. The lowest BCUT2D eigenvalue weighted by Gasteiger charge is -2.05. The third kappa shape index (κ3) is 6.21. The third-order valence-corrected chi connectivity index (χ3v) is 6.05. The van der Waals surface area contributed by atoms with E-state index >= 15 is 0 Å². The Morgan fingerprint density at radius 3 is 2.47 bits per heavy atom. The van der Waals surface area contributed by atoms with E-state index < -0.39 is 21.4 Å². The van der Waals surface area contributed by atoms with Crippen LogP contribution in [0.25, 0.3) is 0 Å². The number of halogens is 1. The smallest absolute Gasteiger partial charge is 0.227 e. The zero-order chi connectivity index (χ0) is 21.6. The van der Waals surface area contributed by atoms with Gasteiger partial charge in [-0.3, -0.25) is 4.79 Å². The highest BCUT2D eigenvalue weighted by Crippen LogP contribution is 2.16. The highest BCUT2D eigenvalue weighted by Gasteiger charge is 2.19. The van der Waals surface area contributed by atoms with E-state index in [4.69, 9.17) is 4.52 Å². The fourth-order valence-corrected chi connectivity index (χ4v) is 3.93. The van der Waals surface area contributed by atoms with Crippen LogP contribution in [0.4, 0.5) is 4.39 Å². The number of aryl methyl sites for hydroxylation is 2. The number of hydrogen-bond acceptors (Lipinski definition) is 6. The molecule has 1 aromatic heterocycles. The Morgan fingerprint density at radius 1 is 1.07 bits per heavy atom. The number of nitrogens with one attached hydrogen (secondary N) is 1. The van der Waals surface area contributed by atoms with E-state index in [1.54, 1.807) is 0 Å². The largest absolute Gasteiger partial charge is 0.356 e. The van der Waals surface area contributed by atoms with Crippen LogP contribution in [0.3, 0.4) is 0 Å². The topological polar surface area (TPSA) is 102 Å². The van der Waals surface area contributed by atoms with Crippen molar-refractivity contribution in [1.29, 1.82) is 0 Å². The van der Waals surface area contributed by atoms with E-state index in [2.05, 4.69) is 15.5 Å². The molecule has 158 valence electrons. The van der Waals surface area contributed by atoms with E-state index in [9.17, 15) is 17.6 Å². The molecular weight excluding hydrogens is 409 g/mol. The highest BCUT2D eigenvalue weighted by atomic mass is 32.2. The summed E-state index contributed by atoms with van der Waals surface area (Å²) in [6, 6.07) is 12.6. The zero-order valence-electron chi connectivity index (χ0n) is 16.5. The lowest BCUT2D eigenvalue weighted by molar-refractivity contribution is -0.121. The number of carbonyl (C=O) groups excluding carboxylic acids is 1. The molecule has 30 heavy (non-hydrogen) atoms. The molecule has 0 bridgehead atoms. The second-order valence-electron chi connectivity index (χ2n) is 6.90. The van der Waals surface area contributed by atoms with Gasteiger partial charge in [-0.25, -0.2) is 12.8 Å². The monoisotopic (exact) mass is 431 g/mol. The predicted molar refractivity (Wildman–Crippen MR) is 108 cm³/mol. The van der Waals surface area contributed by atoms with Crippen LogP contribution in [-0.4, -0.2) is 31.0 Å². The summed E-state index contributed by atoms with van der Waals surface area (Å²) < 4.78 is 42.7. The number of carbonyl (C=O) groups is 1. The molecule has 0 unspecified atom stereocenters. The summed E-state index contributed by atoms with van der Waals surface area (Å²) in [5.41, 5.74) is 2.33. The fourth-order valence-electron chi connectivity index (χ4n) is 2.76. The number of aromatic nitrogens is 2. The maximum absolute atomic E-state index is 13.0. The Kier molecular flexibility index (Phi) is 6.94. The van der Waals surface area contributed by atoms with Crippen molar-refractivity contribution in [3.05, 3.63) is 77.2 Å². The highest BCUT2D eigenvalue weighted by molar-refractivity contribution is 7.90. The van der Waals surface area contributed by atoms with Gasteiger partial charge in [0.05, 0.1) is 4.90 Å². The van der Waals surface area contributed by atoms with Gasteiger partial charge in [-0.15, -0.1) is 0 Å². The Bertz CT molecular complexity index is 1090. The summed E-state index contributed by atoms with van der Waals surface area (Å²) in [6.07, 6.45) is 1.10. The number of rotatable bonds is 9. The van der Waals surface area contributed by atoms with Gasteiger partial charge in [-0.05, 0) is 43.2 Å². The molecule has 3 rings (SSSR count). The zero-order valence-corrected chi connectivity index (χ0v) is 17.3. The average molecular weight is 431 g/mol. The quantitative estimate of drug-likeness (QED) is 0.523. The second kappa shape index (κ2) is 9.62. The minimum absolute atomic E-state index is 0.00546. The van der Waals surface area contributed by atoms with Gasteiger partial charge < -0.3 is 9.84 Å². The first kappa shape index (κ1) is 21.6. The van der Waals surface area contributed by atoms with Gasteiger partial charge in [0, 0.05) is 19.4 Å². The molecule has 0 atom stereocenters. The van der Waals surface area contributed by atoms with Crippen LogP contribution in [0.15, 0.2) is 57.9 Å². The van der Waals surface area contributed by atoms with Crippen LogP contribution in [-0.2, 0) is 33.2 Å². The molecule has 0 aliphatic heterocycles. The fraction of sp³-hybridized carbons (Fsp3) is 0.286. The molecule has 0 aliphatic carbocycles. The molecule has 9 heteroatoms. The Labute approximate surface area is 174 Å². The van der Waals surface area contributed by atoms with Gasteiger partial charge in [0.2, 0.25) is 11.8 Å². The summed E-state index contributed by atoms with van der Waals surface area (Å²) in [6.45, 7) is 2.54. The van der Waals surface area contributed by atoms with E-state index in [1.165, 1.54) is 17.7 Å². The molecule has 1 N–H and O–H groups in total. The summed E-state index contributed by atoms with van der Waals surface area (Å²) in [5.74, 6) is -0.957. The maximum atomic E-state index is 13.0. The number of hydrogen-bond donors (Lipinski definition) is 1. The van der Waals surface area contributed by atoms with E-state index in [0.717, 1.165) is 24.1 Å². The number of benzene rings is 2. The number of nitrogens with zero attached hydrogens (tertiary/aromatic N) is 2. The molecule has 1 heterocycles. The lowest BCUT2D eigenvalue weighted by Crippen LogP contribution is -2.25. The first-order valence-corrected chi connectivity index (χ1v) is 11.1. The van der Waals surface area contributed by atoms with Gasteiger partial charge >= 0.3 is 0 Å². The summed E-state index contributed by atoms with van der Waals surface area (Å²) in [7, 11) is -3.72. The molecule has 2 aromatic carbocycles. The molecule has 3 aromatic rings. The van der Waals surface area contributed by atoms with Crippen molar-refractivity contribution in [3.63, 3.8) is 0 Å². The second-order valence-corrected chi connectivity index (χ2v) is 8.89.